The molecule has 0 aromatic heterocycles. The first-order valence-corrected chi connectivity index (χ1v) is 8.55. The van der Waals surface area contributed by atoms with Crippen molar-refractivity contribution in [3.8, 4) is 5.75 Å². The Morgan fingerprint density at radius 2 is 2.21 bits per heavy atom. The average Bonchev–Trinajstić information content (AvgIpc) is 2.75. The summed E-state index contributed by atoms with van der Waals surface area (Å²) in [7, 11) is 1.87. The van der Waals surface area contributed by atoms with Gasteiger partial charge in [0.1, 0.15) is 0 Å². The topological polar surface area (TPSA) is 53.0 Å². The smallest absolute Gasteiger partial charge is 0.317 e. The number of benzene rings is 1. The van der Waals surface area contributed by atoms with Crippen LogP contribution in [0, 0.1) is 5.82 Å². The third-order valence-corrected chi connectivity index (χ3v) is 4.50. The number of hydrogen-bond acceptors (Lipinski definition) is 4. The first-order valence-electron chi connectivity index (χ1n) is 8.55. The van der Waals surface area contributed by atoms with E-state index < -0.39 is 5.97 Å². The summed E-state index contributed by atoms with van der Waals surface area (Å²) >= 11 is 0. The van der Waals surface area contributed by atoms with E-state index in [9.17, 15) is 9.18 Å². The maximum atomic E-state index is 14.0. The molecule has 0 radical (unpaired) electrons. The Morgan fingerprint density at radius 3 is 2.88 bits per heavy atom. The fourth-order valence-electron chi connectivity index (χ4n) is 3.25. The second kappa shape index (κ2) is 8.99. The molecule has 134 valence electrons. The van der Waals surface area contributed by atoms with Crippen molar-refractivity contribution in [2.24, 2.45) is 0 Å². The molecule has 1 N–H and O–H groups in total. The zero-order chi connectivity index (χ0) is 17.5. The molecule has 6 heteroatoms. The van der Waals surface area contributed by atoms with Crippen LogP contribution in [0.5, 0.6) is 5.75 Å². The molecule has 1 fully saturated rings. The van der Waals surface area contributed by atoms with Gasteiger partial charge in [0.2, 0.25) is 0 Å². The normalized spacial score (nSPS) is 19.2. The highest BCUT2D eigenvalue weighted by molar-refractivity contribution is 5.69. The first-order chi connectivity index (χ1) is 11.5. The molecular formula is C18H27FN2O3. The summed E-state index contributed by atoms with van der Waals surface area (Å²) in [6.45, 7) is 4.92. The highest BCUT2D eigenvalue weighted by Gasteiger charge is 2.21. The fourth-order valence-corrected chi connectivity index (χ4v) is 3.25. The van der Waals surface area contributed by atoms with Crippen LogP contribution >= 0.6 is 0 Å². The van der Waals surface area contributed by atoms with Crippen molar-refractivity contribution in [3.05, 3.63) is 29.6 Å². The van der Waals surface area contributed by atoms with Crippen molar-refractivity contribution < 1.29 is 19.0 Å². The molecule has 1 aliphatic heterocycles. The minimum absolute atomic E-state index is 0.0781. The van der Waals surface area contributed by atoms with Gasteiger partial charge in [-0.3, -0.25) is 14.6 Å². The van der Waals surface area contributed by atoms with Gasteiger partial charge in [0, 0.05) is 12.6 Å². The standard InChI is InChI=1S/C18H27FN2O3/c1-3-24-17-7-6-14(11-16(17)19)12-21-9-4-5-15(8-10-21)20(2)13-18(22)23/h6-7,11,15H,3-5,8-10,12-13H2,1-2H3,(H,22,23). The molecule has 1 unspecified atom stereocenters. The number of carbonyl (C=O) groups is 1. The summed E-state index contributed by atoms with van der Waals surface area (Å²) in [5, 5.41) is 8.92. The van der Waals surface area contributed by atoms with Crippen molar-refractivity contribution in [2.75, 3.05) is 33.3 Å². The van der Waals surface area contributed by atoms with Crippen molar-refractivity contribution >= 4 is 5.97 Å². The lowest BCUT2D eigenvalue weighted by molar-refractivity contribution is -0.138. The molecule has 1 aromatic carbocycles. The molecule has 5 nitrogen and oxygen atoms in total. The number of halogens is 1. The van der Waals surface area contributed by atoms with Gasteiger partial charge in [-0.1, -0.05) is 6.07 Å². The largest absolute Gasteiger partial charge is 0.491 e. The summed E-state index contributed by atoms with van der Waals surface area (Å²) < 4.78 is 19.2. The summed E-state index contributed by atoms with van der Waals surface area (Å²) in [6.07, 6.45) is 2.95. The third kappa shape index (κ3) is 5.46. The van der Waals surface area contributed by atoms with Crippen LogP contribution in [-0.2, 0) is 11.3 Å². The number of carboxylic acid groups (broad SMARTS) is 1. The van der Waals surface area contributed by atoms with Crippen molar-refractivity contribution in [1.82, 2.24) is 9.80 Å². The average molecular weight is 338 g/mol. The Kier molecular flexibility index (Phi) is 6.99. The molecule has 0 amide bonds. The predicted octanol–water partition coefficient (Wildman–Crippen LogP) is 2.60. The van der Waals surface area contributed by atoms with E-state index >= 15 is 0 Å². The van der Waals surface area contributed by atoms with Gasteiger partial charge >= 0.3 is 5.97 Å². The number of rotatable bonds is 7. The predicted molar refractivity (Wildman–Crippen MR) is 90.8 cm³/mol. The molecule has 2 rings (SSSR count). The van der Waals surface area contributed by atoms with E-state index in [1.54, 1.807) is 12.1 Å². The SMILES string of the molecule is CCOc1ccc(CN2CCCC(N(C)CC(=O)O)CC2)cc1F. The molecule has 1 aromatic rings. The maximum absolute atomic E-state index is 14.0. The van der Waals surface area contributed by atoms with Crippen molar-refractivity contribution in [1.29, 1.82) is 0 Å². The van der Waals surface area contributed by atoms with Gasteiger partial charge in [-0.25, -0.2) is 4.39 Å². The van der Waals surface area contributed by atoms with E-state index in [0.29, 0.717) is 24.9 Å². The minimum Gasteiger partial charge on any atom is -0.491 e. The molecule has 1 saturated heterocycles. The number of likely N-dealkylation sites (N-methyl/N-ethyl adjacent to an activating group) is 1. The van der Waals surface area contributed by atoms with Gasteiger partial charge in [0.05, 0.1) is 13.2 Å². The second-order valence-corrected chi connectivity index (χ2v) is 6.37. The van der Waals surface area contributed by atoms with Crippen LogP contribution < -0.4 is 4.74 Å². The zero-order valence-corrected chi connectivity index (χ0v) is 14.5. The van der Waals surface area contributed by atoms with E-state index in [4.69, 9.17) is 9.84 Å². The number of ether oxygens (including phenoxy) is 1. The summed E-state index contributed by atoms with van der Waals surface area (Å²) in [6, 6.07) is 5.44. The minimum atomic E-state index is -0.788. The van der Waals surface area contributed by atoms with E-state index in [0.717, 1.165) is 37.9 Å². The van der Waals surface area contributed by atoms with Crippen LogP contribution in [0.2, 0.25) is 0 Å². The van der Waals surface area contributed by atoms with Crippen LogP contribution in [0.15, 0.2) is 18.2 Å². The van der Waals surface area contributed by atoms with Gasteiger partial charge in [0.15, 0.2) is 11.6 Å². The Hall–Kier alpha value is -1.66. The Labute approximate surface area is 143 Å². The molecule has 1 atom stereocenters. The second-order valence-electron chi connectivity index (χ2n) is 6.37. The van der Waals surface area contributed by atoms with E-state index in [2.05, 4.69) is 4.90 Å². The van der Waals surface area contributed by atoms with Gasteiger partial charge in [-0.05, 0) is 64.0 Å². The molecule has 24 heavy (non-hydrogen) atoms. The summed E-state index contributed by atoms with van der Waals surface area (Å²) in [5.74, 6) is -0.806. The van der Waals surface area contributed by atoms with E-state index in [-0.39, 0.29) is 12.4 Å². The molecular weight excluding hydrogens is 311 g/mol. The molecule has 1 aliphatic rings. The molecule has 0 aliphatic carbocycles. The summed E-state index contributed by atoms with van der Waals surface area (Å²) in [4.78, 5) is 15.1. The highest BCUT2D eigenvalue weighted by atomic mass is 19.1. The van der Waals surface area contributed by atoms with Gasteiger partial charge in [-0.15, -0.1) is 0 Å². The third-order valence-electron chi connectivity index (χ3n) is 4.50. The van der Waals surface area contributed by atoms with Gasteiger partial charge in [-0.2, -0.15) is 0 Å². The number of nitrogens with zero attached hydrogens (tertiary/aromatic N) is 2. The number of hydrogen-bond donors (Lipinski definition) is 1. The van der Waals surface area contributed by atoms with Crippen LogP contribution in [0.25, 0.3) is 0 Å². The van der Waals surface area contributed by atoms with Crippen LogP contribution in [0.4, 0.5) is 4.39 Å². The molecule has 0 spiro atoms. The summed E-state index contributed by atoms with van der Waals surface area (Å²) in [5.41, 5.74) is 0.938. The highest BCUT2D eigenvalue weighted by Crippen LogP contribution is 2.21. The fraction of sp³-hybridized carbons (Fsp3) is 0.611. The molecule has 0 saturated carbocycles. The monoisotopic (exact) mass is 338 g/mol. The lowest BCUT2D eigenvalue weighted by Crippen LogP contribution is -2.36. The van der Waals surface area contributed by atoms with Gasteiger partial charge in [0.25, 0.3) is 0 Å². The lowest BCUT2D eigenvalue weighted by atomic mass is 10.1. The number of carboxylic acids is 1. The molecule has 1 heterocycles. The van der Waals surface area contributed by atoms with Crippen molar-refractivity contribution in [3.63, 3.8) is 0 Å². The van der Waals surface area contributed by atoms with Crippen LogP contribution in [-0.4, -0.2) is 60.2 Å². The maximum Gasteiger partial charge on any atom is 0.317 e. The zero-order valence-electron chi connectivity index (χ0n) is 14.5. The van der Waals surface area contributed by atoms with Crippen molar-refractivity contribution in [2.45, 2.75) is 38.8 Å². The Balaban J connectivity index is 1.90. The Bertz CT molecular complexity index is 553. The Morgan fingerprint density at radius 1 is 1.42 bits per heavy atom. The van der Waals surface area contributed by atoms with Gasteiger partial charge < -0.3 is 9.84 Å². The van der Waals surface area contributed by atoms with Crippen LogP contribution in [0.3, 0.4) is 0 Å². The first kappa shape index (κ1) is 18.7. The molecule has 0 bridgehead atoms. The van der Waals surface area contributed by atoms with E-state index in [1.807, 2.05) is 24.9 Å². The number of likely N-dealkylation sites (tertiary alicyclic amines) is 1. The number of aliphatic carboxylic acids is 1. The van der Waals surface area contributed by atoms with Crippen LogP contribution in [0.1, 0.15) is 31.7 Å². The van der Waals surface area contributed by atoms with E-state index in [1.165, 1.54) is 0 Å². The lowest BCUT2D eigenvalue weighted by Gasteiger charge is -2.25. The quantitative estimate of drug-likeness (QED) is 0.828.